The number of nitrogens with one attached hydrogen (secondary N) is 1. The number of nitrogens with two attached hydrogens (primary N) is 1. The molecule has 1 aromatic rings. The second-order valence-corrected chi connectivity index (χ2v) is 2.49. The van der Waals surface area contributed by atoms with Crippen LogP contribution in [0.15, 0.2) is 6.07 Å². The molecule has 0 bridgehead atoms. The maximum Gasteiger partial charge on any atom is 0.0791 e. The van der Waals surface area contributed by atoms with E-state index < -0.39 is 0 Å². The number of hydrogen-bond acceptors (Lipinski definition) is 2. The number of nitrogens with zero attached hydrogens (tertiary/aromatic N) is 1. The minimum Gasteiger partial charge on any atom is -0.323 e. The Hall–Kier alpha value is -0.830. The fourth-order valence-electron chi connectivity index (χ4n) is 0.838. The molecule has 3 nitrogen and oxygen atoms in total. The summed E-state index contributed by atoms with van der Waals surface area (Å²) in [6, 6.07) is 2.07. The molecule has 10 heavy (non-hydrogen) atoms. The van der Waals surface area contributed by atoms with Crippen LogP contribution in [0.4, 0.5) is 0 Å². The predicted molar refractivity (Wildman–Crippen MR) is 40.5 cm³/mol. The molecule has 0 aliphatic rings. The van der Waals surface area contributed by atoms with Crippen molar-refractivity contribution in [2.24, 2.45) is 5.73 Å². The molecule has 0 spiro atoms. The van der Waals surface area contributed by atoms with Crippen LogP contribution in [0.3, 0.4) is 0 Å². The highest BCUT2D eigenvalue weighted by atomic mass is 15.1. The molecular weight excluding hydrogens is 126 g/mol. The van der Waals surface area contributed by atoms with E-state index in [9.17, 15) is 0 Å². The lowest BCUT2D eigenvalue weighted by atomic mass is 10.2. The molecule has 3 N–H and O–H groups in total. The first-order chi connectivity index (χ1) is 4.74. The van der Waals surface area contributed by atoms with E-state index in [0.29, 0.717) is 0 Å². The highest BCUT2D eigenvalue weighted by Gasteiger charge is 2.04. The lowest BCUT2D eigenvalue weighted by molar-refractivity contribution is 0.672. The Labute approximate surface area is 60.6 Å². The summed E-state index contributed by atoms with van der Waals surface area (Å²) in [6.45, 7) is 4.02. The van der Waals surface area contributed by atoms with Crippen molar-refractivity contribution < 1.29 is 0 Å². The van der Waals surface area contributed by atoms with Gasteiger partial charge in [-0.15, -0.1) is 0 Å². The van der Waals surface area contributed by atoms with Crippen LogP contribution in [0.1, 0.15) is 30.8 Å². The zero-order chi connectivity index (χ0) is 7.56. The molecule has 1 atom stereocenters. The van der Waals surface area contributed by atoms with Gasteiger partial charge in [0, 0.05) is 11.7 Å². The number of aromatic nitrogens is 2. The molecule has 0 saturated heterocycles. The van der Waals surface area contributed by atoms with Gasteiger partial charge in [-0.25, -0.2) is 0 Å². The fraction of sp³-hybridized carbons (Fsp3) is 0.571. The van der Waals surface area contributed by atoms with Crippen molar-refractivity contribution >= 4 is 0 Å². The quantitative estimate of drug-likeness (QED) is 0.645. The number of H-pyrrole nitrogens is 1. The first-order valence-corrected chi connectivity index (χ1v) is 3.51. The van der Waals surface area contributed by atoms with Gasteiger partial charge in [0.2, 0.25) is 0 Å². The molecule has 3 heteroatoms. The van der Waals surface area contributed by atoms with Gasteiger partial charge in [0.1, 0.15) is 0 Å². The van der Waals surface area contributed by atoms with Gasteiger partial charge in [0.05, 0.1) is 5.69 Å². The van der Waals surface area contributed by atoms with Crippen LogP contribution < -0.4 is 5.73 Å². The molecular formula is C7H13N3. The van der Waals surface area contributed by atoms with E-state index in [4.69, 9.17) is 5.73 Å². The third-order valence-corrected chi connectivity index (χ3v) is 1.55. The minimum absolute atomic E-state index is 0.0879. The Balaban J connectivity index is 2.74. The highest BCUT2D eigenvalue weighted by Crippen LogP contribution is 2.10. The summed E-state index contributed by atoms with van der Waals surface area (Å²) in [4.78, 5) is 0. The maximum atomic E-state index is 5.73. The van der Waals surface area contributed by atoms with Crippen molar-refractivity contribution in [1.82, 2.24) is 10.2 Å². The number of rotatable bonds is 2. The van der Waals surface area contributed by atoms with Gasteiger partial charge in [-0.05, 0) is 19.4 Å². The first-order valence-electron chi connectivity index (χ1n) is 3.51. The van der Waals surface area contributed by atoms with Crippen molar-refractivity contribution in [1.29, 1.82) is 0 Å². The molecule has 0 aliphatic carbocycles. The molecule has 0 radical (unpaired) electrons. The smallest absolute Gasteiger partial charge is 0.0791 e. The van der Waals surface area contributed by atoms with Gasteiger partial charge in [-0.2, -0.15) is 5.10 Å². The first kappa shape index (κ1) is 7.28. The van der Waals surface area contributed by atoms with Crippen molar-refractivity contribution in [3.63, 3.8) is 0 Å². The van der Waals surface area contributed by atoms with Crippen molar-refractivity contribution in [3.8, 4) is 0 Å². The van der Waals surface area contributed by atoms with E-state index in [-0.39, 0.29) is 6.04 Å². The lowest BCUT2D eigenvalue weighted by Gasteiger charge is -2.01. The standard InChI is InChI=1S/C7H13N3/c1-3-6(8)7-4-5(2)9-10-7/h4,6H,3,8H2,1-2H3,(H,9,10). The summed E-state index contributed by atoms with van der Waals surface area (Å²) < 4.78 is 0. The Kier molecular flexibility index (Phi) is 2.06. The minimum atomic E-state index is 0.0879. The van der Waals surface area contributed by atoms with Gasteiger partial charge in [0.15, 0.2) is 0 Å². The van der Waals surface area contributed by atoms with Crippen LogP contribution in [0.25, 0.3) is 0 Å². The summed E-state index contributed by atoms with van der Waals surface area (Å²) in [5, 5.41) is 6.89. The molecule has 0 amide bonds. The Bertz CT molecular complexity index is 204. The number of hydrogen-bond donors (Lipinski definition) is 2. The molecule has 1 aromatic heterocycles. The van der Waals surface area contributed by atoms with Crippen LogP contribution in [0.5, 0.6) is 0 Å². The summed E-state index contributed by atoms with van der Waals surface area (Å²) in [7, 11) is 0. The van der Waals surface area contributed by atoms with Crippen LogP contribution in [0, 0.1) is 6.92 Å². The largest absolute Gasteiger partial charge is 0.323 e. The zero-order valence-electron chi connectivity index (χ0n) is 6.39. The molecule has 0 fully saturated rings. The van der Waals surface area contributed by atoms with Gasteiger partial charge in [-0.3, -0.25) is 5.10 Å². The zero-order valence-corrected chi connectivity index (χ0v) is 6.39. The number of aryl methyl sites for hydroxylation is 1. The van der Waals surface area contributed by atoms with Gasteiger partial charge >= 0.3 is 0 Å². The second kappa shape index (κ2) is 2.84. The van der Waals surface area contributed by atoms with Gasteiger partial charge in [-0.1, -0.05) is 6.92 Å². The Morgan fingerprint density at radius 1 is 1.80 bits per heavy atom. The van der Waals surface area contributed by atoms with Crippen LogP contribution in [-0.2, 0) is 0 Å². The van der Waals surface area contributed by atoms with E-state index >= 15 is 0 Å². The van der Waals surface area contributed by atoms with Gasteiger partial charge < -0.3 is 5.73 Å². The number of aromatic amines is 1. The summed E-state index contributed by atoms with van der Waals surface area (Å²) in [6.07, 6.45) is 0.935. The van der Waals surface area contributed by atoms with E-state index in [1.54, 1.807) is 0 Å². The van der Waals surface area contributed by atoms with E-state index in [0.717, 1.165) is 17.8 Å². The average molecular weight is 139 g/mol. The van der Waals surface area contributed by atoms with Crippen LogP contribution in [0.2, 0.25) is 0 Å². The second-order valence-electron chi connectivity index (χ2n) is 2.49. The molecule has 1 rings (SSSR count). The molecule has 1 unspecified atom stereocenters. The normalized spacial score (nSPS) is 13.5. The maximum absolute atomic E-state index is 5.73. The Morgan fingerprint density at radius 3 is 2.90 bits per heavy atom. The molecule has 0 aliphatic heterocycles. The SMILES string of the molecule is CCC(N)c1cc(C)[nH]n1. The van der Waals surface area contributed by atoms with Crippen LogP contribution >= 0.6 is 0 Å². The third-order valence-electron chi connectivity index (χ3n) is 1.55. The highest BCUT2D eigenvalue weighted by molar-refractivity contribution is 5.10. The van der Waals surface area contributed by atoms with Crippen molar-refractivity contribution in [3.05, 3.63) is 17.5 Å². The molecule has 56 valence electrons. The van der Waals surface area contributed by atoms with Crippen LogP contribution in [-0.4, -0.2) is 10.2 Å². The van der Waals surface area contributed by atoms with E-state index in [1.807, 2.05) is 13.0 Å². The third kappa shape index (κ3) is 1.36. The fourth-order valence-corrected chi connectivity index (χ4v) is 0.838. The summed E-state index contributed by atoms with van der Waals surface area (Å²) in [5.41, 5.74) is 7.75. The van der Waals surface area contributed by atoms with Crippen molar-refractivity contribution in [2.75, 3.05) is 0 Å². The monoisotopic (exact) mass is 139 g/mol. The van der Waals surface area contributed by atoms with E-state index in [1.165, 1.54) is 0 Å². The topological polar surface area (TPSA) is 54.7 Å². The lowest BCUT2D eigenvalue weighted by Crippen LogP contribution is -2.08. The summed E-state index contributed by atoms with van der Waals surface area (Å²) in [5.74, 6) is 0. The van der Waals surface area contributed by atoms with Crippen molar-refractivity contribution in [2.45, 2.75) is 26.3 Å². The average Bonchev–Trinajstić information content (AvgIpc) is 2.34. The molecule has 1 heterocycles. The summed E-state index contributed by atoms with van der Waals surface area (Å²) >= 11 is 0. The predicted octanol–water partition coefficient (Wildman–Crippen LogP) is 1.13. The Morgan fingerprint density at radius 2 is 2.50 bits per heavy atom. The molecule has 0 saturated carbocycles. The van der Waals surface area contributed by atoms with E-state index in [2.05, 4.69) is 17.1 Å². The molecule has 0 aromatic carbocycles. The van der Waals surface area contributed by atoms with Gasteiger partial charge in [0.25, 0.3) is 0 Å².